The normalized spacial score (nSPS) is 12.1. The summed E-state index contributed by atoms with van der Waals surface area (Å²) in [6, 6.07) is 3.07. The van der Waals surface area contributed by atoms with Gasteiger partial charge in [0.1, 0.15) is 5.75 Å². The van der Waals surface area contributed by atoms with Crippen LogP contribution in [0.3, 0.4) is 0 Å². The molecule has 94 valence electrons. The number of aryl methyl sites for hydroxylation is 1. The number of benzene rings is 1. The van der Waals surface area contributed by atoms with Gasteiger partial charge in [-0.2, -0.15) is 0 Å². The molecule has 0 aliphatic rings. The molecular weight excluding hydrogens is 240 g/mol. The second kappa shape index (κ2) is 5.89. The van der Waals surface area contributed by atoms with Crippen LogP contribution in [-0.4, -0.2) is 26.1 Å². The molecule has 0 aliphatic heterocycles. The highest BCUT2D eigenvalue weighted by Gasteiger charge is 2.15. The highest BCUT2D eigenvalue weighted by molar-refractivity contribution is 6.32. The number of rotatable bonds is 4. The number of hydrogen-bond donors (Lipinski definition) is 2. The van der Waals surface area contributed by atoms with E-state index in [4.69, 9.17) is 22.1 Å². The van der Waals surface area contributed by atoms with Gasteiger partial charge in [-0.3, -0.25) is 4.79 Å². The van der Waals surface area contributed by atoms with E-state index in [-0.39, 0.29) is 5.91 Å². The number of carbonyl (C=O) groups is 1. The minimum Gasteiger partial charge on any atom is -0.495 e. The fraction of sp³-hybridized carbons (Fsp3) is 0.417. The molecule has 5 heteroatoms. The van der Waals surface area contributed by atoms with Gasteiger partial charge in [-0.25, -0.2) is 0 Å². The van der Waals surface area contributed by atoms with Crippen molar-refractivity contribution in [1.82, 2.24) is 5.32 Å². The first-order valence-corrected chi connectivity index (χ1v) is 5.67. The van der Waals surface area contributed by atoms with Crippen molar-refractivity contribution in [3.8, 4) is 5.75 Å². The molecule has 1 rings (SSSR count). The number of hydrogen-bond acceptors (Lipinski definition) is 3. The Morgan fingerprint density at radius 3 is 2.76 bits per heavy atom. The summed E-state index contributed by atoms with van der Waals surface area (Å²) in [6.45, 7) is 1.94. The number of carbonyl (C=O) groups excluding carboxylic acids is 1. The zero-order valence-electron chi connectivity index (χ0n) is 10.2. The number of methoxy groups -OCH3 is 1. The number of halogens is 1. The summed E-state index contributed by atoms with van der Waals surface area (Å²) in [7, 11) is 3.13. The van der Waals surface area contributed by atoms with E-state index in [2.05, 4.69) is 5.32 Å². The second-order valence-corrected chi connectivity index (χ2v) is 4.25. The van der Waals surface area contributed by atoms with Gasteiger partial charge in [0.25, 0.3) is 0 Å². The van der Waals surface area contributed by atoms with Gasteiger partial charge in [-0.15, -0.1) is 0 Å². The fourth-order valence-electron chi connectivity index (χ4n) is 1.59. The van der Waals surface area contributed by atoms with Crippen molar-refractivity contribution in [2.45, 2.75) is 19.4 Å². The van der Waals surface area contributed by atoms with Crippen LogP contribution in [0, 0.1) is 6.92 Å². The molecule has 1 unspecified atom stereocenters. The number of ether oxygens (including phenoxy) is 1. The molecule has 1 aromatic rings. The molecule has 0 radical (unpaired) electrons. The molecule has 0 spiro atoms. The van der Waals surface area contributed by atoms with E-state index in [0.29, 0.717) is 17.2 Å². The van der Waals surface area contributed by atoms with Gasteiger partial charge in [-0.05, 0) is 36.6 Å². The molecule has 0 saturated heterocycles. The predicted molar refractivity (Wildman–Crippen MR) is 68.5 cm³/mol. The van der Waals surface area contributed by atoms with Crippen LogP contribution in [0.1, 0.15) is 11.1 Å². The lowest BCUT2D eigenvalue weighted by molar-refractivity contribution is -0.121. The van der Waals surface area contributed by atoms with Crippen LogP contribution in [-0.2, 0) is 11.2 Å². The van der Waals surface area contributed by atoms with E-state index in [1.54, 1.807) is 20.2 Å². The Morgan fingerprint density at radius 2 is 2.24 bits per heavy atom. The molecule has 1 aromatic carbocycles. The molecule has 1 amide bonds. The van der Waals surface area contributed by atoms with Crippen LogP contribution in [0.15, 0.2) is 12.1 Å². The van der Waals surface area contributed by atoms with E-state index in [0.717, 1.165) is 11.1 Å². The van der Waals surface area contributed by atoms with E-state index in [9.17, 15) is 4.79 Å². The van der Waals surface area contributed by atoms with Crippen molar-refractivity contribution in [1.29, 1.82) is 0 Å². The van der Waals surface area contributed by atoms with Crippen LogP contribution in [0.2, 0.25) is 5.02 Å². The molecular formula is C12H17ClN2O2. The fourth-order valence-corrected chi connectivity index (χ4v) is 1.85. The van der Waals surface area contributed by atoms with Crippen LogP contribution >= 0.6 is 11.6 Å². The van der Waals surface area contributed by atoms with E-state index < -0.39 is 6.04 Å². The van der Waals surface area contributed by atoms with Crippen molar-refractivity contribution in [3.63, 3.8) is 0 Å². The minimum atomic E-state index is -0.567. The first-order valence-electron chi connectivity index (χ1n) is 5.29. The first-order chi connectivity index (χ1) is 7.99. The molecule has 3 N–H and O–H groups in total. The van der Waals surface area contributed by atoms with Gasteiger partial charge in [-0.1, -0.05) is 11.6 Å². The Kier molecular flexibility index (Phi) is 4.78. The van der Waals surface area contributed by atoms with E-state index in [1.807, 2.05) is 13.0 Å². The van der Waals surface area contributed by atoms with Gasteiger partial charge in [0, 0.05) is 7.05 Å². The Labute approximate surface area is 106 Å². The van der Waals surface area contributed by atoms with Crippen molar-refractivity contribution in [2.75, 3.05) is 14.2 Å². The maximum Gasteiger partial charge on any atom is 0.237 e. The zero-order chi connectivity index (χ0) is 13.0. The summed E-state index contributed by atoms with van der Waals surface area (Å²) in [4.78, 5) is 11.3. The Balaban J connectivity index is 2.92. The Hall–Kier alpha value is -1.26. The Morgan fingerprint density at radius 1 is 1.59 bits per heavy atom. The largest absolute Gasteiger partial charge is 0.495 e. The van der Waals surface area contributed by atoms with Crippen LogP contribution < -0.4 is 15.8 Å². The number of likely N-dealkylation sites (N-methyl/N-ethyl adjacent to an activating group) is 1. The van der Waals surface area contributed by atoms with Crippen LogP contribution in [0.5, 0.6) is 5.75 Å². The summed E-state index contributed by atoms with van der Waals surface area (Å²) in [5.41, 5.74) is 7.72. The summed E-state index contributed by atoms with van der Waals surface area (Å²) in [5, 5.41) is 3.05. The second-order valence-electron chi connectivity index (χ2n) is 3.84. The highest BCUT2D eigenvalue weighted by Crippen LogP contribution is 2.28. The molecule has 0 heterocycles. The smallest absolute Gasteiger partial charge is 0.237 e. The van der Waals surface area contributed by atoms with Gasteiger partial charge >= 0.3 is 0 Å². The molecule has 0 bridgehead atoms. The molecule has 0 aliphatic carbocycles. The van der Waals surface area contributed by atoms with Crippen LogP contribution in [0.25, 0.3) is 0 Å². The van der Waals surface area contributed by atoms with Crippen molar-refractivity contribution >= 4 is 17.5 Å². The van der Waals surface area contributed by atoms with Gasteiger partial charge < -0.3 is 15.8 Å². The molecule has 17 heavy (non-hydrogen) atoms. The van der Waals surface area contributed by atoms with Crippen LogP contribution in [0.4, 0.5) is 0 Å². The van der Waals surface area contributed by atoms with Crippen molar-refractivity contribution in [2.24, 2.45) is 5.73 Å². The van der Waals surface area contributed by atoms with Gasteiger partial charge in [0.05, 0.1) is 18.2 Å². The quantitative estimate of drug-likeness (QED) is 0.853. The SMILES string of the molecule is CNC(=O)C(N)Cc1cc(Cl)c(OC)cc1C. The standard InChI is InChI=1S/C12H17ClN2O2/c1-7-4-11(17-3)9(13)5-8(7)6-10(14)12(16)15-2/h4-5,10H,6,14H2,1-3H3,(H,15,16). The van der Waals surface area contributed by atoms with E-state index >= 15 is 0 Å². The molecule has 0 fully saturated rings. The molecule has 4 nitrogen and oxygen atoms in total. The lowest BCUT2D eigenvalue weighted by Gasteiger charge is -2.14. The Bertz CT molecular complexity index is 421. The summed E-state index contributed by atoms with van der Waals surface area (Å²) in [5.74, 6) is 0.442. The third-order valence-corrected chi connectivity index (χ3v) is 2.93. The average molecular weight is 257 g/mol. The summed E-state index contributed by atoms with van der Waals surface area (Å²) in [6.07, 6.45) is 0.454. The summed E-state index contributed by atoms with van der Waals surface area (Å²) < 4.78 is 5.11. The average Bonchev–Trinajstić information content (AvgIpc) is 2.32. The topological polar surface area (TPSA) is 64.4 Å². The summed E-state index contributed by atoms with van der Waals surface area (Å²) >= 11 is 6.03. The van der Waals surface area contributed by atoms with E-state index in [1.165, 1.54) is 0 Å². The third-order valence-electron chi connectivity index (χ3n) is 2.63. The first kappa shape index (κ1) is 13.8. The number of nitrogens with two attached hydrogens (primary N) is 1. The van der Waals surface area contributed by atoms with Gasteiger partial charge in [0.2, 0.25) is 5.91 Å². The van der Waals surface area contributed by atoms with Crippen molar-refractivity contribution in [3.05, 3.63) is 28.3 Å². The minimum absolute atomic E-state index is 0.184. The lowest BCUT2D eigenvalue weighted by atomic mass is 10.0. The predicted octanol–water partition coefficient (Wildman–Crippen LogP) is 1.27. The molecule has 0 aromatic heterocycles. The third kappa shape index (κ3) is 3.35. The monoisotopic (exact) mass is 256 g/mol. The molecule has 1 atom stereocenters. The number of amides is 1. The lowest BCUT2D eigenvalue weighted by Crippen LogP contribution is -2.40. The molecule has 0 saturated carbocycles. The maximum absolute atomic E-state index is 11.3. The van der Waals surface area contributed by atoms with Gasteiger partial charge in [0.15, 0.2) is 0 Å². The maximum atomic E-state index is 11.3. The zero-order valence-corrected chi connectivity index (χ0v) is 11.0. The van der Waals surface area contributed by atoms with Crippen molar-refractivity contribution < 1.29 is 9.53 Å². The number of nitrogens with one attached hydrogen (secondary N) is 1. The highest BCUT2D eigenvalue weighted by atomic mass is 35.5.